The van der Waals surface area contributed by atoms with Crippen LogP contribution in [0.4, 0.5) is 4.39 Å². The van der Waals surface area contributed by atoms with Gasteiger partial charge >= 0.3 is 5.97 Å². The van der Waals surface area contributed by atoms with Crippen LogP contribution in [-0.2, 0) is 6.61 Å². The number of halogens is 1. The van der Waals surface area contributed by atoms with Crippen LogP contribution in [0, 0.1) is 17.1 Å². The minimum absolute atomic E-state index is 0.0590. The Labute approximate surface area is 113 Å². The quantitative estimate of drug-likeness (QED) is 0.923. The summed E-state index contributed by atoms with van der Waals surface area (Å²) in [7, 11) is 0. The highest BCUT2D eigenvalue weighted by Crippen LogP contribution is 2.18. The first-order chi connectivity index (χ1) is 9.61. The summed E-state index contributed by atoms with van der Waals surface area (Å²) in [6, 6.07) is 8.77. The van der Waals surface area contributed by atoms with Crippen LogP contribution in [0.1, 0.15) is 21.6 Å². The molecule has 6 heteroatoms. The summed E-state index contributed by atoms with van der Waals surface area (Å²) in [6.07, 6.45) is 1.33. The maximum absolute atomic E-state index is 13.6. The summed E-state index contributed by atoms with van der Waals surface area (Å²) in [5, 5.41) is 17.6. The lowest BCUT2D eigenvalue weighted by molar-refractivity contribution is 0.0685. The summed E-state index contributed by atoms with van der Waals surface area (Å²) in [6.45, 7) is -0.149. The van der Waals surface area contributed by atoms with E-state index in [1.54, 1.807) is 0 Å². The van der Waals surface area contributed by atoms with Gasteiger partial charge in [0.1, 0.15) is 12.4 Å². The smallest absolute Gasteiger partial charge is 0.358 e. The van der Waals surface area contributed by atoms with Crippen molar-refractivity contribution in [3.8, 4) is 11.8 Å². The zero-order valence-corrected chi connectivity index (χ0v) is 10.2. The normalized spacial score (nSPS) is 9.80. The third-order valence-corrected chi connectivity index (χ3v) is 2.54. The van der Waals surface area contributed by atoms with Crippen molar-refractivity contribution in [2.24, 2.45) is 0 Å². The van der Waals surface area contributed by atoms with Crippen molar-refractivity contribution in [2.75, 3.05) is 0 Å². The molecule has 0 atom stereocenters. The molecule has 0 amide bonds. The first-order valence-electron chi connectivity index (χ1n) is 5.61. The molecular weight excluding hydrogens is 263 g/mol. The Morgan fingerprint density at radius 1 is 1.45 bits per heavy atom. The van der Waals surface area contributed by atoms with Crippen LogP contribution in [0.3, 0.4) is 0 Å². The molecule has 0 fully saturated rings. The number of pyridine rings is 1. The van der Waals surface area contributed by atoms with Gasteiger partial charge in [0.05, 0.1) is 11.6 Å². The molecule has 0 saturated heterocycles. The molecule has 20 heavy (non-hydrogen) atoms. The second-order valence-electron chi connectivity index (χ2n) is 3.86. The highest BCUT2D eigenvalue weighted by atomic mass is 19.1. The Hall–Kier alpha value is -2.94. The maximum Gasteiger partial charge on any atom is 0.358 e. The fourth-order valence-corrected chi connectivity index (χ4v) is 1.56. The topological polar surface area (TPSA) is 83.2 Å². The van der Waals surface area contributed by atoms with Gasteiger partial charge in [-0.25, -0.2) is 14.2 Å². The van der Waals surface area contributed by atoms with Crippen LogP contribution in [-0.4, -0.2) is 16.1 Å². The zero-order valence-electron chi connectivity index (χ0n) is 10.2. The van der Waals surface area contributed by atoms with Gasteiger partial charge in [0.15, 0.2) is 11.4 Å². The Morgan fingerprint density at radius 2 is 2.25 bits per heavy atom. The van der Waals surface area contributed by atoms with E-state index in [1.165, 1.54) is 30.5 Å². The molecular formula is C14H9FN2O3. The van der Waals surface area contributed by atoms with Gasteiger partial charge in [0, 0.05) is 11.8 Å². The first kappa shape index (κ1) is 13.5. The highest BCUT2D eigenvalue weighted by Gasteiger charge is 2.13. The predicted octanol–water partition coefficient (Wildman–Crippen LogP) is 2.37. The van der Waals surface area contributed by atoms with Gasteiger partial charge in [-0.05, 0) is 24.3 Å². The lowest BCUT2D eigenvalue weighted by atomic mass is 10.1. The van der Waals surface area contributed by atoms with Gasteiger partial charge in [-0.3, -0.25) is 0 Å². The Bertz CT molecular complexity index is 695. The number of hydrogen-bond donors (Lipinski definition) is 1. The van der Waals surface area contributed by atoms with Gasteiger partial charge in [0.2, 0.25) is 0 Å². The Balaban J connectivity index is 2.18. The van der Waals surface area contributed by atoms with Gasteiger partial charge < -0.3 is 9.84 Å². The molecule has 0 aliphatic carbocycles. The molecule has 1 aromatic heterocycles. The number of aromatic nitrogens is 1. The molecule has 0 spiro atoms. The van der Waals surface area contributed by atoms with Crippen LogP contribution in [0.25, 0.3) is 0 Å². The average Bonchev–Trinajstić information content (AvgIpc) is 2.46. The average molecular weight is 272 g/mol. The van der Waals surface area contributed by atoms with Gasteiger partial charge in [0.25, 0.3) is 0 Å². The Morgan fingerprint density at radius 3 is 2.90 bits per heavy atom. The van der Waals surface area contributed by atoms with Crippen molar-refractivity contribution in [3.05, 3.63) is 59.2 Å². The summed E-state index contributed by atoms with van der Waals surface area (Å²) in [4.78, 5) is 14.6. The number of carboxylic acids is 1. The van der Waals surface area contributed by atoms with E-state index in [0.29, 0.717) is 0 Å². The van der Waals surface area contributed by atoms with Crippen LogP contribution in [0.2, 0.25) is 0 Å². The minimum Gasteiger partial charge on any atom is -0.486 e. The largest absolute Gasteiger partial charge is 0.486 e. The SMILES string of the molecule is N#Cc1ccc(COc2cccnc2C(=O)O)c(F)c1. The fraction of sp³-hybridized carbons (Fsp3) is 0.0714. The number of rotatable bonds is 4. The van der Waals surface area contributed by atoms with Crippen molar-refractivity contribution in [1.82, 2.24) is 4.98 Å². The number of ether oxygens (including phenoxy) is 1. The lowest BCUT2D eigenvalue weighted by Gasteiger charge is -2.09. The Kier molecular flexibility index (Phi) is 3.91. The van der Waals surface area contributed by atoms with Crippen LogP contribution >= 0.6 is 0 Å². The van der Waals surface area contributed by atoms with Crippen molar-refractivity contribution >= 4 is 5.97 Å². The van der Waals surface area contributed by atoms with E-state index in [2.05, 4.69) is 4.98 Å². The number of nitriles is 1. The van der Waals surface area contributed by atoms with E-state index in [1.807, 2.05) is 6.07 Å². The van der Waals surface area contributed by atoms with Crippen molar-refractivity contribution < 1.29 is 19.0 Å². The molecule has 0 saturated carbocycles. The second-order valence-corrected chi connectivity index (χ2v) is 3.86. The van der Waals surface area contributed by atoms with E-state index in [4.69, 9.17) is 15.1 Å². The summed E-state index contributed by atoms with van der Waals surface area (Å²) < 4.78 is 18.9. The number of aromatic carboxylic acids is 1. The fourth-order valence-electron chi connectivity index (χ4n) is 1.56. The molecule has 1 N–H and O–H groups in total. The molecule has 2 rings (SSSR count). The number of benzene rings is 1. The molecule has 0 bridgehead atoms. The standard InChI is InChI=1S/C14H9FN2O3/c15-11-6-9(7-16)3-4-10(11)8-20-12-2-1-5-17-13(12)14(18)19/h1-6H,8H2,(H,18,19). The van der Waals surface area contributed by atoms with Crippen LogP contribution in [0.15, 0.2) is 36.5 Å². The van der Waals surface area contributed by atoms with E-state index >= 15 is 0 Å². The van der Waals surface area contributed by atoms with Crippen LogP contribution in [0.5, 0.6) is 5.75 Å². The van der Waals surface area contributed by atoms with Gasteiger partial charge in [-0.15, -0.1) is 0 Å². The zero-order chi connectivity index (χ0) is 14.5. The number of carboxylic acid groups (broad SMARTS) is 1. The predicted molar refractivity (Wildman–Crippen MR) is 66.6 cm³/mol. The maximum atomic E-state index is 13.6. The summed E-state index contributed by atoms with van der Waals surface area (Å²) in [5.41, 5.74) is 0.199. The first-order valence-corrected chi connectivity index (χ1v) is 5.61. The molecule has 5 nitrogen and oxygen atoms in total. The molecule has 100 valence electrons. The molecule has 0 aliphatic heterocycles. The van der Waals surface area contributed by atoms with Crippen LogP contribution < -0.4 is 4.74 Å². The van der Waals surface area contributed by atoms with E-state index < -0.39 is 11.8 Å². The molecule has 0 radical (unpaired) electrons. The van der Waals surface area contributed by atoms with E-state index in [-0.39, 0.29) is 29.2 Å². The lowest BCUT2D eigenvalue weighted by Crippen LogP contribution is -2.06. The van der Waals surface area contributed by atoms with Crippen molar-refractivity contribution in [3.63, 3.8) is 0 Å². The third kappa shape index (κ3) is 2.90. The molecule has 0 unspecified atom stereocenters. The summed E-state index contributed by atoms with van der Waals surface area (Å²) >= 11 is 0. The van der Waals surface area contributed by atoms with E-state index in [0.717, 1.165) is 6.07 Å². The number of nitrogens with zero attached hydrogens (tertiary/aromatic N) is 2. The molecule has 2 aromatic rings. The van der Waals surface area contributed by atoms with Gasteiger partial charge in [-0.2, -0.15) is 5.26 Å². The molecule has 1 aromatic carbocycles. The van der Waals surface area contributed by atoms with Crippen molar-refractivity contribution in [2.45, 2.75) is 6.61 Å². The van der Waals surface area contributed by atoms with Crippen molar-refractivity contribution in [1.29, 1.82) is 5.26 Å². The molecule has 1 heterocycles. The van der Waals surface area contributed by atoms with Gasteiger partial charge in [-0.1, -0.05) is 6.07 Å². The second kappa shape index (κ2) is 5.80. The summed E-state index contributed by atoms with van der Waals surface area (Å²) in [5.74, 6) is -1.74. The van der Waals surface area contributed by atoms with E-state index in [9.17, 15) is 9.18 Å². The number of hydrogen-bond acceptors (Lipinski definition) is 4. The number of carbonyl (C=O) groups is 1. The third-order valence-electron chi connectivity index (χ3n) is 2.54. The molecule has 0 aliphatic rings. The minimum atomic E-state index is -1.22. The monoisotopic (exact) mass is 272 g/mol. The highest BCUT2D eigenvalue weighted by molar-refractivity contribution is 5.88.